The summed E-state index contributed by atoms with van der Waals surface area (Å²) >= 11 is 0. The Bertz CT molecular complexity index is 384. The van der Waals surface area contributed by atoms with Crippen LogP contribution >= 0.6 is 12.4 Å². The molecule has 0 heterocycles. The Labute approximate surface area is 112 Å². The van der Waals surface area contributed by atoms with Gasteiger partial charge in [-0.05, 0) is 5.56 Å². The van der Waals surface area contributed by atoms with Crippen LogP contribution < -0.4 is 11.1 Å². The van der Waals surface area contributed by atoms with Crippen LogP contribution in [0.4, 0.5) is 0 Å². The molecule has 0 spiro atoms. The predicted octanol–water partition coefficient (Wildman–Crippen LogP) is 0.615. The lowest BCUT2D eigenvalue weighted by Gasteiger charge is -2.14. The first-order valence-electron chi connectivity index (χ1n) is 5.31. The summed E-state index contributed by atoms with van der Waals surface area (Å²) in [7, 11) is 0. The molecular weight excluding hydrogens is 256 g/mol. The molecule has 1 aromatic rings. The lowest BCUT2D eigenvalue weighted by atomic mass is 10.2. The number of rotatable bonds is 5. The van der Waals surface area contributed by atoms with Crippen molar-refractivity contribution in [2.75, 3.05) is 6.54 Å². The van der Waals surface area contributed by atoms with Gasteiger partial charge in [0.05, 0.1) is 0 Å². The second-order valence-corrected chi connectivity index (χ2v) is 3.58. The number of nitrogens with two attached hydrogens (primary N) is 1. The van der Waals surface area contributed by atoms with Gasteiger partial charge in [-0.2, -0.15) is 0 Å². The van der Waals surface area contributed by atoms with E-state index in [1.807, 2.05) is 30.3 Å². The van der Waals surface area contributed by atoms with E-state index in [9.17, 15) is 9.59 Å². The number of halogens is 1. The van der Waals surface area contributed by atoms with E-state index in [0.29, 0.717) is 0 Å². The van der Waals surface area contributed by atoms with Crippen molar-refractivity contribution in [3.8, 4) is 0 Å². The molecule has 0 radical (unpaired) electrons. The molecule has 0 saturated heterocycles. The van der Waals surface area contributed by atoms with Crippen LogP contribution in [0.15, 0.2) is 30.3 Å². The van der Waals surface area contributed by atoms with Crippen molar-refractivity contribution in [3.63, 3.8) is 0 Å². The number of hydrogen-bond donors (Lipinski definition) is 2. The number of carbonyl (C=O) groups excluding carboxylic acids is 2. The summed E-state index contributed by atoms with van der Waals surface area (Å²) in [5, 5.41) is 2.43. The zero-order chi connectivity index (χ0) is 12.7. The van der Waals surface area contributed by atoms with Crippen LogP contribution in [0.1, 0.15) is 12.5 Å². The molecule has 0 aliphatic heterocycles. The van der Waals surface area contributed by atoms with Gasteiger partial charge in [0.2, 0.25) is 5.91 Å². The molecule has 0 fully saturated rings. The van der Waals surface area contributed by atoms with E-state index in [1.165, 1.54) is 6.92 Å². The van der Waals surface area contributed by atoms with Crippen LogP contribution in [0.2, 0.25) is 0 Å². The summed E-state index contributed by atoms with van der Waals surface area (Å²) < 4.78 is 5.05. The molecule has 0 saturated carbocycles. The molecular formula is C12H17ClN2O3. The zero-order valence-corrected chi connectivity index (χ0v) is 10.9. The molecule has 18 heavy (non-hydrogen) atoms. The third kappa shape index (κ3) is 5.65. The van der Waals surface area contributed by atoms with E-state index < -0.39 is 12.0 Å². The number of esters is 1. The number of nitrogens with one attached hydrogen (secondary N) is 1. The fourth-order valence-corrected chi connectivity index (χ4v) is 1.29. The molecule has 6 heteroatoms. The molecule has 100 valence electrons. The highest BCUT2D eigenvalue weighted by molar-refractivity contribution is 5.85. The Morgan fingerprint density at radius 3 is 2.44 bits per heavy atom. The van der Waals surface area contributed by atoms with Crippen LogP contribution in [-0.2, 0) is 20.9 Å². The summed E-state index contributed by atoms with van der Waals surface area (Å²) in [5.41, 5.74) is 6.26. The second kappa shape index (κ2) is 8.49. The van der Waals surface area contributed by atoms with Crippen LogP contribution in [0, 0.1) is 0 Å². The largest absolute Gasteiger partial charge is 0.459 e. The van der Waals surface area contributed by atoms with Gasteiger partial charge in [0, 0.05) is 13.5 Å². The molecule has 1 amide bonds. The average molecular weight is 273 g/mol. The maximum Gasteiger partial charge on any atom is 0.330 e. The summed E-state index contributed by atoms with van der Waals surface area (Å²) in [6.45, 7) is 1.52. The van der Waals surface area contributed by atoms with Gasteiger partial charge in [0.15, 0.2) is 0 Å². The lowest BCUT2D eigenvalue weighted by molar-refractivity contribution is -0.148. The Kier molecular flexibility index (Phi) is 7.74. The van der Waals surface area contributed by atoms with Crippen molar-refractivity contribution in [3.05, 3.63) is 35.9 Å². The van der Waals surface area contributed by atoms with Crippen molar-refractivity contribution in [1.82, 2.24) is 5.32 Å². The molecule has 1 unspecified atom stereocenters. The van der Waals surface area contributed by atoms with Gasteiger partial charge in [-0.3, -0.25) is 4.79 Å². The SMILES string of the molecule is CC(=O)NC(CN)C(=O)OCc1ccccc1.Cl. The third-order valence-electron chi connectivity index (χ3n) is 2.12. The maximum absolute atomic E-state index is 11.6. The summed E-state index contributed by atoms with van der Waals surface area (Å²) in [5.74, 6) is -0.830. The molecule has 5 nitrogen and oxygen atoms in total. The van der Waals surface area contributed by atoms with Crippen molar-refractivity contribution in [2.24, 2.45) is 5.73 Å². The van der Waals surface area contributed by atoms with Gasteiger partial charge < -0.3 is 15.8 Å². The molecule has 0 aliphatic carbocycles. The fourth-order valence-electron chi connectivity index (χ4n) is 1.29. The number of carbonyl (C=O) groups is 2. The Morgan fingerprint density at radius 1 is 1.33 bits per heavy atom. The van der Waals surface area contributed by atoms with E-state index in [0.717, 1.165) is 5.56 Å². The average Bonchev–Trinajstić information content (AvgIpc) is 2.34. The maximum atomic E-state index is 11.6. The minimum Gasteiger partial charge on any atom is -0.459 e. The van der Waals surface area contributed by atoms with Gasteiger partial charge in [-0.25, -0.2) is 4.79 Å². The van der Waals surface area contributed by atoms with Crippen molar-refractivity contribution < 1.29 is 14.3 Å². The first-order valence-corrected chi connectivity index (χ1v) is 5.31. The molecule has 1 atom stereocenters. The molecule has 1 aromatic carbocycles. The van der Waals surface area contributed by atoms with Gasteiger partial charge in [-0.15, -0.1) is 12.4 Å². The Hall–Kier alpha value is -1.59. The fraction of sp³-hybridized carbons (Fsp3) is 0.333. The van der Waals surface area contributed by atoms with Crippen LogP contribution in [-0.4, -0.2) is 24.5 Å². The zero-order valence-electron chi connectivity index (χ0n) is 10.1. The molecule has 1 rings (SSSR count). The van der Waals surface area contributed by atoms with Crippen LogP contribution in [0.3, 0.4) is 0 Å². The first-order chi connectivity index (χ1) is 8.13. The van der Waals surface area contributed by atoms with E-state index in [1.54, 1.807) is 0 Å². The highest BCUT2D eigenvalue weighted by Gasteiger charge is 2.18. The monoisotopic (exact) mass is 272 g/mol. The summed E-state index contributed by atoms with van der Waals surface area (Å²) in [4.78, 5) is 22.4. The molecule has 0 bridgehead atoms. The van der Waals surface area contributed by atoms with Gasteiger partial charge in [0.25, 0.3) is 0 Å². The van der Waals surface area contributed by atoms with Gasteiger partial charge in [0.1, 0.15) is 12.6 Å². The Morgan fingerprint density at radius 2 is 1.94 bits per heavy atom. The second-order valence-electron chi connectivity index (χ2n) is 3.58. The molecule has 0 aromatic heterocycles. The van der Waals surface area contributed by atoms with E-state index in [-0.39, 0.29) is 31.5 Å². The topological polar surface area (TPSA) is 81.4 Å². The number of hydrogen-bond acceptors (Lipinski definition) is 4. The molecule has 3 N–H and O–H groups in total. The van der Waals surface area contributed by atoms with Crippen molar-refractivity contribution >= 4 is 24.3 Å². The summed E-state index contributed by atoms with van der Waals surface area (Å²) in [6, 6.07) is 8.52. The van der Waals surface area contributed by atoms with Gasteiger partial charge in [-0.1, -0.05) is 30.3 Å². The van der Waals surface area contributed by atoms with E-state index in [2.05, 4.69) is 5.32 Å². The quantitative estimate of drug-likeness (QED) is 0.770. The first kappa shape index (κ1) is 16.4. The third-order valence-corrected chi connectivity index (χ3v) is 2.12. The minimum absolute atomic E-state index is 0. The minimum atomic E-state index is -0.781. The summed E-state index contributed by atoms with van der Waals surface area (Å²) in [6.07, 6.45) is 0. The van der Waals surface area contributed by atoms with Crippen LogP contribution in [0.25, 0.3) is 0 Å². The predicted molar refractivity (Wildman–Crippen MR) is 70.1 cm³/mol. The van der Waals surface area contributed by atoms with Crippen molar-refractivity contribution in [1.29, 1.82) is 0 Å². The normalized spacial score (nSPS) is 11.0. The number of ether oxygens (including phenoxy) is 1. The number of benzene rings is 1. The number of amides is 1. The lowest BCUT2D eigenvalue weighted by Crippen LogP contribution is -2.45. The molecule has 0 aliphatic rings. The van der Waals surface area contributed by atoms with E-state index >= 15 is 0 Å². The standard InChI is InChI=1S/C12H16N2O3.ClH/c1-9(15)14-11(7-13)12(16)17-8-10-5-3-2-4-6-10;/h2-6,11H,7-8,13H2,1H3,(H,14,15);1H. The highest BCUT2D eigenvalue weighted by Crippen LogP contribution is 2.01. The Balaban J connectivity index is 0.00000289. The van der Waals surface area contributed by atoms with Crippen molar-refractivity contribution in [2.45, 2.75) is 19.6 Å². The highest BCUT2D eigenvalue weighted by atomic mass is 35.5. The van der Waals surface area contributed by atoms with Gasteiger partial charge >= 0.3 is 5.97 Å². The van der Waals surface area contributed by atoms with E-state index in [4.69, 9.17) is 10.5 Å². The van der Waals surface area contributed by atoms with Crippen LogP contribution in [0.5, 0.6) is 0 Å². The smallest absolute Gasteiger partial charge is 0.330 e.